The molecule has 1 aromatic carbocycles. The third kappa shape index (κ3) is 4.78. The number of benzene rings is 1. The van der Waals surface area contributed by atoms with Gasteiger partial charge in [0, 0.05) is 10.0 Å². The smallest absolute Gasteiger partial charge is 0.269 e. The summed E-state index contributed by atoms with van der Waals surface area (Å²) in [7, 11) is 0. The molecule has 1 rings (SSSR count). The molecule has 1 atom stereocenters. The second-order valence-corrected chi connectivity index (χ2v) is 5.73. The van der Waals surface area contributed by atoms with Crippen LogP contribution in [0.2, 0.25) is 0 Å². The lowest BCUT2D eigenvalue weighted by molar-refractivity contribution is -0.121. The molecule has 0 saturated heterocycles. The molecule has 6 heteroatoms. The van der Waals surface area contributed by atoms with E-state index in [1.54, 1.807) is 24.3 Å². The number of nitrogens with one attached hydrogen (secondary N) is 2. The van der Waals surface area contributed by atoms with Crippen LogP contribution < -0.4 is 10.9 Å². The van der Waals surface area contributed by atoms with Gasteiger partial charge in [0.15, 0.2) is 0 Å². The number of amides is 2. The van der Waals surface area contributed by atoms with E-state index >= 15 is 0 Å². The van der Waals surface area contributed by atoms with E-state index in [0.717, 1.165) is 17.3 Å². The Bertz CT molecular complexity index is 421. The average Bonchev–Trinajstić information content (AvgIpc) is 2.36. The van der Waals surface area contributed by atoms with Crippen LogP contribution in [0.4, 0.5) is 0 Å². The number of carbonyl (C=O) groups excluding carboxylic acids is 2. The summed E-state index contributed by atoms with van der Waals surface area (Å²) in [5.74, 6) is -0.589. The van der Waals surface area contributed by atoms with Crippen molar-refractivity contribution in [3.63, 3.8) is 0 Å². The quantitative estimate of drug-likeness (QED) is 0.626. The van der Waals surface area contributed by atoms with E-state index in [1.165, 1.54) is 0 Å². The minimum atomic E-state index is -0.341. The Balaban J connectivity index is 2.46. The SMILES string of the molecule is CCC[C@@H](Br)C(=O)NNC(=O)c1ccc(Br)cc1. The van der Waals surface area contributed by atoms with Crippen LogP contribution in [-0.2, 0) is 4.79 Å². The molecule has 0 fully saturated rings. The van der Waals surface area contributed by atoms with Gasteiger partial charge in [-0.25, -0.2) is 0 Å². The van der Waals surface area contributed by atoms with E-state index < -0.39 is 0 Å². The second-order valence-electron chi connectivity index (χ2n) is 3.71. The maximum atomic E-state index is 11.7. The molecular weight excluding hydrogens is 364 g/mol. The van der Waals surface area contributed by atoms with Gasteiger partial charge in [-0.3, -0.25) is 20.4 Å². The first kappa shape index (κ1) is 15.2. The molecule has 0 heterocycles. The van der Waals surface area contributed by atoms with Gasteiger partial charge in [-0.15, -0.1) is 0 Å². The maximum absolute atomic E-state index is 11.7. The van der Waals surface area contributed by atoms with Gasteiger partial charge in [-0.2, -0.15) is 0 Å². The zero-order valence-electron chi connectivity index (χ0n) is 9.87. The van der Waals surface area contributed by atoms with Gasteiger partial charge in [0.1, 0.15) is 0 Å². The number of rotatable bonds is 4. The van der Waals surface area contributed by atoms with Gasteiger partial charge in [-0.1, -0.05) is 45.2 Å². The molecule has 0 aromatic heterocycles. The number of alkyl halides is 1. The van der Waals surface area contributed by atoms with Crippen LogP contribution in [0, 0.1) is 0 Å². The summed E-state index contributed by atoms with van der Waals surface area (Å²) in [4.78, 5) is 22.9. The molecule has 0 aliphatic heterocycles. The van der Waals surface area contributed by atoms with Gasteiger partial charge >= 0.3 is 0 Å². The lowest BCUT2D eigenvalue weighted by atomic mass is 10.2. The summed E-state index contributed by atoms with van der Waals surface area (Å²) >= 11 is 6.54. The topological polar surface area (TPSA) is 58.2 Å². The van der Waals surface area contributed by atoms with Gasteiger partial charge in [-0.05, 0) is 30.7 Å². The van der Waals surface area contributed by atoms with Crippen LogP contribution in [0.5, 0.6) is 0 Å². The van der Waals surface area contributed by atoms with Crippen molar-refractivity contribution in [3.05, 3.63) is 34.3 Å². The Hall–Kier alpha value is -0.880. The molecule has 4 nitrogen and oxygen atoms in total. The minimum absolute atomic E-state index is 0.248. The van der Waals surface area contributed by atoms with Crippen molar-refractivity contribution in [2.24, 2.45) is 0 Å². The largest absolute Gasteiger partial charge is 0.272 e. The summed E-state index contributed by atoms with van der Waals surface area (Å²) < 4.78 is 0.895. The zero-order chi connectivity index (χ0) is 13.5. The highest BCUT2D eigenvalue weighted by Crippen LogP contribution is 2.10. The van der Waals surface area contributed by atoms with Crippen molar-refractivity contribution in [1.82, 2.24) is 10.9 Å². The van der Waals surface area contributed by atoms with Gasteiger partial charge < -0.3 is 0 Å². The molecule has 0 saturated carbocycles. The molecule has 2 N–H and O–H groups in total. The number of hydrogen-bond donors (Lipinski definition) is 2. The van der Waals surface area contributed by atoms with E-state index in [9.17, 15) is 9.59 Å². The van der Waals surface area contributed by atoms with E-state index in [0.29, 0.717) is 5.56 Å². The van der Waals surface area contributed by atoms with Crippen LogP contribution in [0.15, 0.2) is 28.7 Å². The fourth-order valence-electron chi connectivity index (χ4n) is 1.25. The predicted octanol–water partition coefficient (Wildman–Crippen LogP) is 2.77. The number of halogens is 2. The first-order valence-corrected chi connectivity index (χ1v) is 7.25. The first-order chi connectivity index (χ1) is 8.54. The summed E-state index contributed by atoms with van der Waals surface area (Å²) in [6, 6.07) is 6.87. The zero-order valence-corrected chi connectivity index (χ0v) is 13.0. The fraction of sp³-hybridized carbons (Fsp3) is 0.333. The van der Waals surface area contributed by atoms with Crippen LogP contribution in [-0.4, -0.2) is 16.6 Å². The van der Waals surface area contributed by atoms with Crippen LogP contribution in [0.1, 0.15) is 30.1 Å². The molecule has 18 heavy (non-hydrogen) atoms. The van der Waals surface area contributed by atoms with Crippen LogP contribution >= 0.6 is 31.9 Å². The van der Waals surface area contributed by atoms with Crippen LogP contribution in [0.25, 0.3) is 0 Å². The fourth-order valence-corrected chi connectivity index (χ4v) is 2.09. The van der Waals surface area contributed by atoms with Crippen molar-refractivity contribution < 1.29 is 9.59 Å². The Morgan fingerprint density at radius 3 is 2.39 bits per heavy atom. The van der Waals surface area contributed by atoms with E-state index in [1.807, 2.05) is 6.92 Å². The first-order valence-electron chi connectivity index (χ1n) is 5.54. The molecule has 0 radical (unpaired) electrons. The monoisotopic (exact) mass is 376 g/mol. The minimum Gasteiger partial charge on any atom is -0.272 e. The van der Waals surface area contributed by atoms with Crippen molar-refractivity contribution in [1.29, 1.82) is 0 Å². The molecule has 0 spiro atoms. The highest BCUT2D eigenvalue weighted by atomic mass is 79.9. The van der Waals surface area contributed by atoms with Crippen LogP contribution in [0.3, 0.4) is 0 Å². The highest BCUT2D eigenvalue weighted by Gasteiger charge is 2.14. The molecule has 1 aromatic rings. The van der Waals surface area contributed by atoms with E-state index in [4.69, 9.17) is 0 Å². The summed E-state index contributed by atoms with van der Waals surface area (Å²) in [6.45, 7) is 1.99. The Kier molecular flexibility index (Phi) is 6.35. The summed E-state index contributed by atoms with van der Waals surface area (Å²) in [5, 5.41) is 0. The Morgan fingerprint density at radius 1 is 1.22 bits per heavy atom. The van der Waals surface area contributed by atoms with Crippen molar-refractivity contribution in [2.45, 2.75) is 24.6 Å². The molecule has 2 amide bonds. The molecule has 0 unspecified atom stereocenters. The Morgan fingerprint density at radius 2 is 1.83 bits per heavy atom. The Labute approximate surface area is 123 Å². The van der Waals surface area contributed by atoms with Gasteiger partial charge in [0.25, 0.3) is 11.8 Å². The molecular formula is C12H14Br2N2O2. The third-order valence-corrected chi connectivity index (χ3v) is 3.63. The van der Waals surface area contributed by atoms with Crippen molar-refractivity contribution >= 4 is 43.7 Å². The van der Waals surface area contributed by atoms with E-state index in [-0.39, 0.29) is 16.6 Å². The van der Waals surface area contributed by atoms with E-state index in [2.05, 4.69) is 42.7 Å². The number of carbonyl (C=O) groups is 2. The lowest BCUT2D eigenvalue weighted by Gasteiger charge is -2.10. The number of hydrazine groups is 1. The molecule has 0 bridgehead atoms. The standard InChI is InChI=1S/C12H14Br2N2O2/c1-2-3-10(14)12(18)16-15-11(17)8-4-6-9(13)7-5-8/h4-7,10H,2-3H2,1H3,(H,15,17)(H,16,18)/t10-/m1/s1. The maximum Gasteiger partial charge on any atom is 0.269 e. The normalized spacial score (nSPS) is 11.7. The molecule has 98 valence electrons. The molecule has 0 aliphatic rings. The lowest BCUT2D eigenvalue weighted by Crippen LogP contribution is -2.44. The number of hydrogen-bond acceptors (Lipinski definition) is 2. The summed E-state index contributed by atoms with van der Waals surface area (Å²) in [5.41, 5.74) is 5.24. The average molecular weight is 378 g/mol. The predicted molar refractivity (Wildman–Crippen MR) is 77.4 cm³/mol. The summed E-state index contributed by atoms with van der Waals surface area (Å²) in [6.07, 6.45) is 1.62. The van der Waals surface area contributed by atoms with Crippen molar-refractivity contribution in [2.75, 3.05) is 0 Å². The molecule has 0 aliphatic carbocycles. The van der Waals surface area contributed by atoms with Gasteiger partial charge in [0.05, 0.1) is 4.83 Å². The third-order valence-electron chi connectivity index (χ3n) is 2.23. The van der Waals surface area contributed by atoms with Gasteiger partial charge in [0.2, 0.25) is 0 Å². The highest BCUT2D eigenvalue weighted by molar-refractivity contribution is 9.10. The van der Waals surface area contributed by atoms with Crippen molar-refractivity contribution in [3.8, 4) is 0 Å². The second kappa shape index (κ2) is 7.53.